The van der Waals surface area contributed by atoms with Crippen LogP contribution in [0, 0.1) is 17.3 Å². The van der Waals surface area contributed by atoms with E-state index >= 15 is 0 Å². The zero-order valence-electron chi connectivity index (χ0n) is 21.8. The lowest BCUT2D eigenvalue weighted by molar-refractivity contribution is -0.0883. The van der Waals surface area contributed by atoms with Crippen LogP contribution in [-0.4, -0.2) is 33.7 Å². The molecular weight excluding hydrogens is 460 g/mol. The SMILES string of the molecule is COc1ccc(-c2cc(=O)c3c(OC)cc(OCOC45CC(C)CCC4C5(C)C)cc3o2)cc1OC. The van der Waals surface area contributed by atoms with Gasteiger partial charge in [-0.05, 0) is 48.3 Å². The molecule has 0 aliphatic heterocycles. The van der Waals surface area contributed by atoms with Crippen LogP contribution < -0.4 is 24.4 Å². The number of benzene rings is 2. The van der Waals surface area contributed by atoms with E-state index in [1.807, 2.05) is 6.07 Å². The van der Waals surface area contributed by atoms with Crippen LogP contribution >= 0.6 is 0 Å². The predicted octanol–water partition coefficient (Wildman–Crippen LogP) is 6.05. The Morgan fingerprint density at radius 2 is 1.69 bits per heavy atom. The third-order valence-corrected chi connectivity index (χ3v) is 8.24. The van der Waals surface area contributed by atoms with E-state index in [0.29, 0.717) is 57.1 Å². The molecule has 3 unspecified atom stereocenters. The number of hydrogen-bond donors (Lipinski definition) is 0. The number of rotatable bonds is 8. The van der Waals surface area contributed by atoms with Gasteiger partial charge in [-0.1, -0.05) is 27.2 Å². The minimum Gasteiger partial charge on any atom is -0.496 e. The smallest absolute Gasteiger partial charge is 0.197 e. The Kier molecular flexibility index (Phi) is 6.15. The van der Waals surface area contributed by atoms with Crippen molar-refractivity contribution in [2.24, 2.45) is 17.3 Å². The number of methoxy groups -OCH3 is 3. The summed E-state index contributed by atoms with van der Waals surface area (Å²) in [5.74, 6) is 3.66. The van der Waals surface area contributed by atoms with Gasteiger partial charge in [0.15, 0.2) is 23.7 Å². The quantitative estimate of drug-likeness (QED) is 0.353. The molecule has 0 radical (unpaired) electrons. The fraction of sp³-hybridized carbons (Fsp3) is 0.483. The molecule has 2 saturated carbocycles. The molecule has 192 valence electrons. The van der Waals surface area contributed by atoms with Gasteiger partial charge in [0.05, 0.1) is 26.9 Å². The van der Waals surface area contributed by atoms with Gasteiger partial charge < -0.3 is 28.1 Å². The summed E-state index contributed by atoms with van der Waals surface area (Å²) in [6.45, 7) is 7.00. The minimum atomic E-state index is -0.210. The standard InChI is InChI=1S/C29H34O7/c1-17-7-10-26-28(2,3)29(26,15-17)35-16-34-19-12-24(33-6)27-20(30)14-22(36-25(27)13-19)18-8-9-21(31-4)23(11-18)32-5/h8-9,11-14,17,26H,7,10,15-16H2,1-6H3. The van der Waals surface area contributed by atoms with Crippen LogP contribution in [0.2, 0.25) is 0 Å². The summed E-state index contributed by atoms with van der Waals surface area (Å²) in [5, 5.41) is 0.359. The van der Waals surface area contributed by atoms with Crippen LogP contribution in [0.4, 0.5) is 0 Å². The van der Waals surface area contributed by atoms with E-state index in [1.54, 1.807) is 38.5 Å². The van der Waals surface area contributed by atoms with Crippen LogP contribution in [0.3, 0.4) is 0 Å². The monoisotopic (exact) mass is 494 g/mol. The maximum atomic E-state index is 13.1. The van der Waals surface area contributed by atoms with Crippen LogP contribution in [0.1, 0.15) is 40.0 Å². The van der Waals surface area contributed by atoms with E-state index in [1.165, 1.54) is 26.0 Å². The molecule has 2 aliphatic carbocycles. The van der Waals surface area contributed by atoms with Gasteiger partial charge in [0, 0.05) is 23.8 Å². The molecule has 1 aromatic heterocycles. The summed E-state index contributed by atoms with van der Waals surface area (Å²) in [4.78, 5) is 13.1. The molecule has 0 saturated heterocycles. The molecule has 0 spiro atoms. The molecule has 7 heteroatoms. The fourth-order valence-corrected chi connectivity index (χ4v) is 6.15. The van der Waals surface area contributed by atoms with E-state index in [4.69, 9.17) is 28.1 Å². The lowest BCUT2D eigenvalue weighted by atomic mass is 9.88. The molecule has 5 rings (SSSR count). The second-order valence-corrected chi connectivity index (χ2v) is 10.5. The Balaban J connectivity index is 1.43. The summed E-state index contributed by atoms with van der Waals surface area (Å²) >= 11 is 0. The number of ether oxygens (including phenoxy) is 5. The lowest BCUT2D eigenvalue weighted by Gasteiger charge is -2.28. The summed E-state index contributed by atoms with van der Waals surface area (Å²) in [6.07, 6.45) is 3.50. The fourth-order valence-electron chi connectivity index (χ4n) is 6.15. The zero-order chi connectivity index (χ0) is 25.7. The van der Waals surface area contributed by atoms with E-state index in [2.05, 4.69) is 20.8 Å². The van der Waals surface area contributed by atoms with Crippen molar-refractivity contribution in [1.82, 2.24) is 0 Å². The van der Waals surface area contributed by atoms with E-state index < -0.39 is 0 Å². The lowest BCUT2D eigenvalue weighted by Crippen LogP contribution is -2.29. The third kappa shape index (κ3) is 3.90. The minimum absolute atomic E-state index is 0.126. The second kappa shape index (κ2) is 9.04. The zero-order valence-corrected chi connectivity index (χ0v) is 21.8. The molecule has 7 nitrogen and oxygen atoms in total. The number of hydrogen-bond acceptors (Lipinski definition) is 7. The van der Waals surface area contributed by atoms with Crippen molar-refractivity contribution in [3.63, 3.8) is 0 Å². The summed E-state index contributed by atoms with van der Waals surface area (Å²) in [6, 6.07) is 10.2. The van der Waals surface area contributed by atoms with Gasteiger partial charge in [-0.15, -0.1) is 0 Å². The van der Waals surface area contributed by atoms with Crippen LogP contribution in [-0.2, 0) is 4.74 Å². The maximum Gasteiger partial charge on any atom is 0.197 e. The van der Waals surface area contributed by atoms with E-state index in [9.17, 15) is 4.79 Å². The second-order valence-electron chi connectivity index (χ2n) is 10.5. The van der Waals surface area contributed by atoms with Gasteiger partial charge in [-0.3, -0.25) is 4.79 Å². The Bertz CT molecular complexity index is 1340. The molecule has 0 N–H and O–H groups in total. The van der Waals surface area contributed by atoms with Crippen molar-refractivity contribution < 1.29 is 28.1 Å². The average Bonchev–Trinajstić information content (AvgIpc) is 3.35. The Morgan fingerprint density at radius 1 is 0.944 bits per heavy atom. The molecule has 3 aromatic rings. The van der Waals surface area contributed by atoms with Crippen molar-refractivity contribution in [2.45, 2.75) is 45.6 Å². The Hall–Kier alpha value is -3.19. The topological polar surface area (TPSA) is 76.4 Å². The van der Waals surface area contributed by atoms with Crippen LogP contribution in [0.25, 0.3) is 22.3 Å². The largest absolute Gasteiger partial charge is 0.496 e. The molecule has 2 fully saturated rings. The van der Waals surface area contributed by atoms with Gasteiger partial charge >= 0.3 is 0 Å². The summed E-state index contributed by atoms with van der Waals surface area (Å²) < 4.78 is 34.8. The molecular formula is C29H34O7. The van der Waals surface area contributed by atoms with Gasteiger partial charge in [0.25, 0.3) is 0 Å². The first-order valence-corrected chi connectivity index (χ1v) is 12.4. The third-order valence-electron chi connectivity index (χ3n) is 8.24. The highest BCUT2D eigenvalue weighted by atomic mass is 16.7. The molecule has 0 bridgehead atoms. The van der Waals surface area contributed by atoms with Crippen LogP contribution in [0.5, 0.6) is 23.0 Å². The van der Waals surface area contributed by atoms with Crippen molar-refractivity contribution in [2.75, 3.05) is 28.1 Å². The van der Waals surface area contributed by atoms with Gasteiger partial charge in [0.2, 0.25) is 0 Å². The summed E-state index contributed by atoms with van der Waals surface area (Å²) in [7, 11) is 4.66. The van der Waals surface area contributed by atoms with Crippen molar-refractivity contribution in [3.05, 3.63) is 46.6 Å². The van der Waals surface area contributed by atoms with Gasteiger partial charge in [-0.25, -0.2) is 0 Å². The molecule has 36 heavy (non-hydrogen) atoms. The molecule has 1 heterocycles. The highest BCUT2D eigenvalue weighted by Gasteiger charge is 2.73. The van der Waals surface area contributed by atoms with Crippen LogP contribution in [0.15, 0.2) is 45.6 Å². The predicted molar refractivity (Wildman–Crippen MR) is 137 cm³/mol. The molecule has 2 aliphatic rings. The maximum absolute atomic E-state index is 13.1. The average molecular weight is 495 g/mol. The Labute approximate surface area is 211 Å². The van der Waals surface area contributed by atoms with Crippen molar-refractivity contribution in [3.8, 4) is 34.3 Å². The van der Waals surface area contributed by atoms with Gasteiger partial charge in [-0.2, -0.15) is 0 Å². The number of fused-ring (bicyclic) bond motifs is 2. The normalized spacial score (nSPS) is 24.2. The van der Waals surface area contributed by atoms with E-state index in [0.717, 1.165) is 6.42 Å². The first-order valence-electron chi connectivity index (χ1n) is 12.4. The Morgan fingerprint density at radius 3 is 2.42 bits per heavy atom. The highest BCUT2D eigenvalue weighted by Crippen LogP contribution is 2.70. The van der Waals surface area contributed by atoms with Crippen molar-refractivity contribution >= 4 is 11.0 Å². The highest BCUT2D eigenvalue weighted by molar-refractivity contribution is 5.86. The molecule has 0 amide bonds. The van der Waals surface area contributed by atoms with Gasteiger partial charge in [0.1, 0.15) is 28.2 Å². The van der Waals surface area contributed by atoms with Crippen molar-refractivity contribution in [1.29, 1.82) is 0 Å². The summed E-state index contributed by atoms with van der Waals surface area (Å²) in [5.41, 5.74) is 0.879. The molecule has 3 atom stereocenters. The first-order chi connectivity index (χ1) is 17.2. The first kappa shape index (κ1) is 24.5. The molecule has 2 aromatic carbocycles. The van der Waals surface area contributed by atoms with E-state index in [-0.39, 0.29) is 23.2 Å².